The first kappa shape index (κ1) is 15.3. The van der Waals surface area contributed by atoms with Gasteiger partial charge in [-0.1, -0.05) is 54.1 Å². The number of hydrazine groups is 1. The molecule has 5 heteroatoms. The highest BCUT2D eigenvalue weighted by atomic mass is 35.5. The lowest BCUT2D eigenvalue weighted by Crippen LogP contribution is -2.35. The molecule has 1 fully saturated rings. The number of benzene rings is 1. The van der Waals surface area contributed by atoms with Crippen molar-refractivity contribution in [3.63, 3.8) is 0 Å². The van der Waals surface area contributed by atoms with Crippen LogP contribution in [0.3, 0.4) is 0 Å². The number of para-hydroxylation sites is 1. The van der Waals surface area contributed by atoms with E-state index in [0.29, 0.717) is 5.69 Å². The summed E-state index contributed by atoms with van der Waals surface area (Å²) in [6, 6.07) is 8.98. The summed E-state index contributed by atoms with van der Waals surface area (Å²) >= 11 is 6.14. The molecule has 4 nitrogen and oxygen atoms in total. The van der Waals surface area contributed by atoms with Crippen molar-refractivity contribution in [3.8, 4) is 0 Å². The Labute approximate surface area is 139 Å². The van der Waals surface area contributed by atoms with Crippen LogP contribution in [0.2, 0.25) is 0 Å². The van der Waals surface area contributed by atoms with E-state index in [4.69, 9.17) is 11.6 Å². The number of nitrogens with zero attached hydrogens (tertiary/aromatic N) is 1. The molecule has 1 aliphatic heterocycles. The number of anilines is 1. The zero-order valence-corrected chi connectivity index (χ0v) is 13.1. The summed E-state index contributed by atoms with van der Waals surface area (Å²) in [5.41, 5.74) is 4.18. The van der Waals surface area contributed by atoms with E-state index in [1.807, 2.05) is 18.2 Å². The molecule has 0 radical (unpaired) electrons. The average Bonchev–Trinajstić information content (AvgIpc) is 2.85. The van der Waals surface area contributed by atoms with Gasteiger partial charge in [-0.05, 0) is 36.6 Å². The van der Waals surface area contributed by atoms with Gasteiger partial charge in [-0.25, -0.2) is 5.01 Å². The van der Waals surface area contributed by atoms with Gasteiger partial charge in [-0.3, -0.25) is 15.0 Å². The van der Waals surface area contributed by atoms with Gasteiger partial charge >= 0.3 is 0 Å². The summed E-state index contributed by atoms with van der Waals surface area (Å²) in [5, 5.41) is 2.03. The second-order valence-electron chi connectivity index (χ2n) is 5.16. The van der Waals surface area contributed by atoms with Gasteiger partial charge in [0.05, 0.1) is 5.69 Å². The molecule has 116 valence electrons. The van der Waals surface area contributed by atoms with Crippen LogP contribution < -0.4 is 10.4 Å². The Morgan fingerprint density at radius 1 is 1.17 bits per heavy atom. The number of hydrogen-bond acceptors (Lipinski definition) is 2. The molecule has 0 saturated carbocycles. The molecule has 0 unspecified atom stereocenters. The molecule has 1 aromatic rings. The maximum absolute atomic E-state index is 12.4. The van der Waals surface area contributed by atoms with Crippen molar-refractivity contribution < 1.29 is 9.59 Å². The van der Waals surface area contributed by atoms with Crippen LogP contribution in [0.15, 0.2) is 76.9 Å². The predicted molar refractivity (Wildman–Crippen MR) is 90.5 cm³/mol. The first-order valence-electron chi connectivity index (χ1n) is 7.31. The molecule has 0 bridgehead atoms. The van der Waals surface area contributed by atoms with E-state index in [1.54, 1.807) is 36.4 Å². The minimum atomic E-state index is -0.414. The molecule has 0 spiro atoms. The standard InChI is InChI=1S/C18H15ClN2O2/c19-16-12-5-4-7-13(16)8-6-11-15-17(22)20-21(18(15)23)14-9-2-1-3-10-14/h1-4,6-11H,5,12H2,(H,20,22). The fourth-order valence-electron chi connectivity index (χ4n) is 2.39. The quantitative estimate of drug-likeness (QED) is 0.683. The van der Waals surface area contributed by atoms with Gasteiger partial charge in [-0.15, -0.1) is 0 Å². The SMILES string of the molecule is O=C1NN(c2ccccc2)C(=O)C1=CC=CC1=C(Cl)CCC=C1. The van der Waals surface area contributed by atoms with Gasteiger partial charge in [0.1, 0.15) is 5.57 Å². The molecule has 1 aliphatic carbocycles. The molecule has 2 aliphatic rings. The number of amides is 2. The highest BCUT2D eigenvalue weighted by Crippen LogP contribution is 2.23. The molecule has 3 rings (SSSR count). The normalized spacial score (nSPS) is 20.0. The van der Waals surface area contributed by atoms with Crippen molar-refractivity contribution in [2.24, 2.45) is 0 Å². The average molecular weight is 327 g/mol. The van der Waals surface area contributed by atoms with Gasteiger partial charge in [0.15, 0.2) is 0 Å². The highest BCUT2D eigenvalue weighted by molar-refractivity contribution is 6.30. The summed E-state index contributed by atoms with van der Waals surface area (Å²) in [6.07, 6.45) is 10.7. The molecule has 0 atom stereocenters. The first-order valence-corrected chi connectivity index (χ1v) is 7.68. The molecule has 0 aromatic heterocycles. The summed E-state index contributed by atoms with van der Waals surface area (Å²) in [6.45, 7) is 0. The fourth-order valence-corrected chi connectivity index (χ4v) is 2.62. The Kier molecular flexibility index (Phi) is 4.44. The maximum Gasteiger partial charge on any atom is 0.282 e. The second-order valence-corrected chi connectivity index (χ2v) is 5.61. The van der Waals surface area contributed by atoms with Gasteiger partial charge in [0.2, 0.25) is 0 Å². The van der Waals surface area contributed by atoms with Crippen molar-refractivity contribution in [2.75, 3.05) is 5.01 Å². The zero-order valence-electron chi connectivity index (χ0n) is 12.3. The predicted octanol–water partition coefficient (Wildman–Crippen LogP) is 3.39. The highest BCUT2D eigenvalue weighted by Gasteiger charge is 2.33. The number of allylic oxidation sites excluding steroid dienone is 7. The Balaban J connectivity index is 1.79. The molecule has 1 N–H and O–H groups in total. The van der Waals surface area contributed by atoms with Gasteiger partial charge < -0.3 is 0 Å². The van der Waals surface area contributed by atoms with Crippen LogP contribution in [0.1, 0.15) is 12.8 Å². The van der Waals surface area contributed by atoms with Crippen LogP contribution in [-0.4, -0.2) is 11.8 Å². The minimum Gasteiger partial charge on any atom is -0.267 e. The third-order valence-corrected chi connectivity index (χ3v) is 3.99. The third kappa shape index (κ3) is 3.27. The Morgan fingerprint density at radius 2 is 1.96 bits per heavy atom. The molecular formula is C18H15ClN2O2. The van der Waals surface area contributed by atoms with Crippen LogP contribution in [0.5, 0.6) is 0 Å². The van der Waals surface area contributed by atoms with Crippen LogP contribution >= 0.6 is 11.6 Å². The number of rotatable bonds is 3. The molecular weight excluding hydrogens is 312 g/mol. The van der Waals surface area contributed by atoms with Crippen LogP contribution in [0.4, 0.5) is 5.69 Å². The number of carbonyl (C=O) groups is 2. The van der Waals surface area contributed by atoms with Gasteiger partial charge in [-0.2, -0.15) is 0 Å². The zero-order chi connectivity index (χ0) is 16.2. The molecule has 1 heterocycles. The van der Waals surface area contributed by atoms with E-state index < -0.39 is 5.91 Å². The Hall–Kier alpha value is -2.59. The van der Waals surface area contributed by atoms with Gasteiger partial charge in [0.25, 0.3) is 11.8 Å². The lowest BCUT2D eigenvalue weighted by Gasteiger charge is -2.13. The lowest BCUT2D eigenvalue weighted by molar-refractivity contribution is -0.117. The van der Waals surface area contributed by atoms with Crippen molar-refractivity contribution in [1.29, 1.82) is 0 Å². The lowest BCUT2D eigenvalue weighted by atomic mass is 10.1. The fraction of sp³-hybridized carbons (Fsp3) is 0.111. The van der Waals surface area contributed by atoms with E-state index in [2.05, 4.69) is 5.43 Å². The van der Waals surface area contributed by atoms with Crippen molar-refractivity contribution in [1.82, 2.24) is 5.43 Å². The number of halogens is 1. The Bertz CT molecular complexity index is 760. The van der Waals surface area contributed by atoms with Crippen LogP contribution in [0, 0.1) is 0 Å². The molecule has 2 amide bonds. The minimum absolute atomic E-state index is 0.0987. The number of carbonyl (C=O) groups excluding carboxylic acids is 2. The smallest absolute Gasteiger partial charge is 0.267 e. The first-order chi connectivity index (χ1) is 11.2. The summed E-state index contributed by atoms with van der Waals surface area (Å²) < 4.78 is 0. The van der Waals surface area contributed by atoms with Crippen LogP contribution in [0.25, 0.3) is 0 Å². The molecule has 1 aromatic carbocycles. The van der Waals surface area contributed by atoms with Crippen molar-refractivity contribution in [3.05, 3.63) is 76.9 Å². The number of nitrogens with one attached hydrogen (secondary N) is 1. The topological polar surface area (TPSA) is 49.4 Å². The van der Waals surface area contributed by atoms with E-state index in [9.17, 15) is 9.59 Å². The second kappa shape index (κ2) is 6.67. The monoisotopic (exact) mass is 326 g/mol. The van der Waals surface area contributed by atoms with E-state index in [1.165, 1.54) is 11.1 Å². The summed E-state index contributed by atoms with van der Waals surface area (Å²) in [7, 11) is 0. The number of hydrogen-bond donors (Lipinski definition) is 1. The largest absolute Gasteiger partial charge is 0.282 e. The summed E-state index contributed by atoms with van der Waals surface area (Å²) in [5.74, 6) is -0.784. The van der Waals surface area contributed by atoms with E-state index in [-0.39, 0.29) is 11.5 Å². The summed E-state index contributed by atoms with van der Waals surface area (Å²) in [4.78, 5) is 24.3. The van der Waals surface area contributed by atoms with E-state index >= 15 is 0 Å². The van der Waals surface area contributed by atoms with Gasteiger partial charge in [0, 0.05) is 5.03 Å². The van der Waals surface area contributed by atoms with Crippen LogP contribution in [-0.2, 0) is 9.59 Å². The van der Waals surface area contributed by atoms with Crippen molar-refractivity contribution >= 4 is 29.1 Å². The maximum atomic E-state index is 12.4. The third-order valence-electron chi connectivity index (χ3n) is 3.59. The molecule has 1 saturated heterocycles. The Morgan fingerprint density at radius 3 is 2.70 bits per heavy atom. The molecule has 23 heavy (non-hydrogen) atoms. The van der Waals surface area contributed by atoms with Crippen molar-refractivity contribution in [2.45, 2.75) is 12.8 Å². The van der Waals surface area contributed by atoms with E-state index in [0.717, 1.165) is 23.4 Å².